The minimum Gasteiger partial charge on any atom is -0.497 e. The number of benzene rings is 1. The average Bonchev–Trinajstić information content (AvgIpc) is 2.42. The average molecular weight is 295 g/mol. The lowest BCUT2D eigenvalue weighted by atomic mass is 9.86. The van der Waals surface area contributed by atoms with Crippen molar-refractivity contribution in [1.29, 1.82) is 0 Å². The Labute approximate surface area is 128 Å². The second-order valence-corrected chi connectivity index (χ2v) is 6.43. The van der Waals surface area contributed by atoms with Crippen LogP contribution in [0.25, 0.3) is 0 Å². The van der Waals surface area contributed by atoms with Gasteiger partial charge in [0, 0.05) is 24.2 Å². The quantitative estimate of drug-likeness (QED) is 0.773. The summed E-state index contributed by atoms with van der Waals surface area (Å²) in [6, 6.07) is 6.03. The summed E-state index contributed by atoms with van der Waals surface area (Å²) in [7, 11) is 3.32. The highest BCUT2D eigenvalue weighted by Gasteiger charge is 2.22. The van der Waals surface area contributed by atoms with Gasteiger partial charge in [0.15, 0.2) is 0 Å². The topological polar surface area (TPSA) is 50.7 Å². The van der Waals surface area contributed by atoms with Gasteiger partial charge in [0.05, 0.1) is 20.3 Å². The lowest BCUT2D eigenvalue weighted by molar-refractivity contribution is 0.126. The molecule has 0 heterocycles. The summed E-state index contributed by atoms with van der Waals surface area (Å²) in [5.74, 6) is 1.61. The van der Waals surface area contributed by atoms with Crippen molar-refractivity contribution in [3.63, 3.8) is 0 Å². The van der Waals surface area contributed by atoms with Gasteiger partial charge in [-0.3, -0.25) is 0 Å². The summed E-state index contributed by atoms with van der Waals surface area (Å²) in [6.07, 6.45) is 0.486. The van der Waals surface area contributed by atoms with Crippen molar-refractivity contribution in [2.75, 3.05) is 20.8 Å². The van der Waals surface area contributed by atoms with E-state index < -0.39 is 0 Å². The van der Waals surface area contributed by atoms with Crippen LogP contribution < -0.4 is 14.8 Å². The second-order valence-electron chi connectivity index (χ2n) is 6.43. The normalized spacial score (nSPS) is 14.6. The van der Waals surface area contributed by atoms with Crippen LogP contribution in [-0.2, 0) is 0 Å². The molecule has 0 aliphatic heterocycles. The van der Waals surface area contributed by atoms with Crippen LogP contribution >= 0.6 is 0 Å². The maximum atomic E-state index is 9.55. The van der Waals surface area contributed by atoms with E-state index in [1.165, 1.54) is 0 Å². The molecule has 120 valence electrons. The summed E-state index contributed by atoms with van der Waals surface area (Å²) in [4.78, 5) is 0. The van der Waals surface area contributed by atoms with Crippen LogP contribution in [0.5, 0.6) is 11.5 Å². The molecular weight excluding hydrogens is 266 g/mol. The summed E-state index contributed by atoms with van der Waals surface area (Å²) >= 11 is 0. The fraction of sp³-hybridized carbons (Fsp3) is 0.647. The first-order valence-electron chi connectivity index (χ1n) is 7.42. The molecular formula is C17H29NO3. The minimum atomic E-state index is -0.285. The zero-order valence-electron chi connectivity index (χ0n) is 14.1. The van der Waals surface area contributed by atoms with E-state index in [1.807, 2.05) is 25.1 Å². The molecule has 0 amide bonds. The molecule has 2 N–H and O–H groups in total. The summed E-state index contributed by atoms with van der Waals surface area (Å²) in [5.41, 5.74) is 1.15. The Balaban J connectivity index is 2.73. The van der Waals surface area contributed by atoms with Crippen LogP contribution in [0.4, 0.5) is 0 Å². The zero-order valence-corrected chi connectivity index (χ0v) is 14.1. The fourth-order valence-corrected chi connectivity index (χ4v) is 2.59. The molecule has 1 aromatic rings. The number of aliphatic hydroxyl groups is 1. The van der Waals surface area contributed by atoms with Crippen LogP contribution in [0.15, 0.2) is 18.2 Å². The zero-order chi connectivity index (χ0) is 16.0. The number of nitrogens with one attached hydrogen (secondary N) is 1. The van der Waals surface area contributed by atoms with Crippen LogP contribution in [0, 0.1) is 5.41 Å². The largest absolute Gasteiger partial charge is 0.497 e. The molecule has 0 saturated carbocycles. The number of ether oxygens (including phenoxy) is 2. The number of hydrogen-bond acceptors (Lipinski definition) is 4. The number of aliphatic hydroxyl groups excluding tert-OH is 1. The molecule has 2 atom stereocenters. The lowest BCUT2D eigenvalue weighted by Crippen LogP contribution is -2.33. The van der Waals surface area contributed by atoms with Gasteiger partial charge in [-0.25, -0.2) is 0 Å². The van der Waals surface area contributed by atoms with Crippen LogP contribution in [0.1, 0.15) is 45.7 Å². The molecule has 0 aliphatic carbocycles. The van der Waals surface area contributed by atoms with Crippen molar-refractivity contribution < 1.29 is 14.6 Å². The lowest BCUT2D eigenvalue weighted by Gasteiger charge is -2.29. The SMILES string of the molecule is COc1ccc(C(C)NCC(C)(C)CC(C)O)c(OC)c1. The Morgan fingerprint density at radius 3 is 2.38 bits per heavy atom. The third kappa shape index (κ3) is 5.56. The van der Waals surface area contributed by atoms with Crippen molar-refractivity contribution in [3.05, 3.63) is 23.8 Å². The van der Waals surface area contributed by atoms with Gasteiger partial charge < -0.3 is 19.9 Å². The molecule has 0 spiro atoms. The maximum absolute atomic E-state index is 9.55. The number of methoxy groups -OCH3 is 2. The summed E-state index contributed by atoms with van der Waals surface area (Å²) in [5, 5.41) is 13.1. The monoisotopic (exact) mass is 295 g/mol. The van der Waals surface area contributed by atoms with Gasteiger partial charge in [-0.2, -0.15) is 0 Å². The van der Waals surface area contributed by atoms with E-state index in [-0.39, 0.29) is 17.6 Å². The smallest absolute Gasteiger partial charge is 0.127 e. The molecule has 0 radical (unpaired) electrons. The third-order valence-corrected chi connectivity index (χ3v) is 3.64. The first-order valence-corrected chi connectivity index (χ1v) is 7.42. The van der Waals surface area contributed by atoms with Crippen molar-refractivity contribution in [1.82, 2.24) is 5.32 Å². The molecule has 4 nitrogen and oxygen atoms in total. The first-order chi connectivity index (χ1) is 9.79. The predicted octanol–water partition coefficient (Wildman–Crippen LogP) is 3.15. The molecule has 21 heavy (non-hydrogen) atoms. The standard InChI is InChI=1S/C17H29NO3/c1-12(19)10-17(3,4)11-18-13(2)15-8-7-14(20-5)9-16(15)21-6/h7-9,12-13,18-19H,10-11H2,1-6H3. The van der Waals surface area contributed by atoms with Crippen LogP contribution in [0.3, 0.4) is 0 Å². The van der Waals surface area contributed by atoms with Gasteiger partial charge >= 0.3 is 0 Å². The van der Waals surface area contributed by atoms with Gasteiger partial charge in [0.2, 0.25) is 0 Å². The van der Waals surface area contributed by atoms with E-state index in [2.05, 4.69) is 26.1 Å². The van der Waals surface area contributed by atoms with Gasteiger partial charge in [-0.1, -0.05) is 19.9 Å². The van der Waals surface area contributed by atoms with E-state index in [0.29, 0.717) is 0 Å². The predicted molar refractivity (Wildman–Crippen MR) is 86.0 cm³/mol. The van der Waals surface area contributed by atoms with Gasteiger partial charge in [-0.05, 0) is 31.7 Å². The van der Waals surface area contributed by atoms with Crippen molar-refractivity contribution in [2.24, 2.45) is 5.41 Å². The molecule has 4 heteroatoms. The minimum absolute atomic E-state index is 0.0438. The Kier molecular flexibility index (Phi) is 6.49. The Hall–Kier alpha value is -1.26. The summed E-state index contributed by atoms with van der Waals surface area (Å²) < 4.78 is 10.7. The molecule has 0 saturated heterocycles. The van der Waals surface area contributed by atoms with E-state index >= 15 is 0 Å². The molecule has 2 unspecified atom stereocenters. The Morgan fingerprint density at radius 2 is 1.86 bits per heavy atom. The highest BCUT2D eigenvalue weighted by molar-refractivity contribution is 5.42. The Bertz CT molecular complexity index is 444. The second kappa shape index (κ2) is 7.66. The third-order valence-electron chi connectivity index (χ3n) is 3.64. The van der Waals surface area contributed by atoms with E-state index in [9.17, 15) is 5.11 Å². The van der Waals surface area contributed by atoms with E-state index in [0.717, 1.165) is 30.0 Å². The highest BCUT2D eigenvalue weighted by Crippen LogP contribution is 2.30. The molecule has 0 fully saturated rings. The van der Waals surface area contributed by atoms with Gasteiger partial charge in [0.25, 0.3) is 0 Å². The van der Waals surface area contributed by atoms with Gasteiger partial charge in [0.1, 0.15) is 11.5 Å². The highest BCUT2D eigenvalue weighted by atomic mass is 16.5. The fourth-order valence-electron chi connectivity index (χ4n) is 2.59. The molecule has 1 aromatic carbocycles. The van der Waals surface area contributed by atoms with Crippen molar-refractivity contribution >= 4 is 0 Å². The van der Waals surface area contributed by atoms with Crippen molar-refractivity contribution in [3.8, 4) is 11.5 Å². The first kappa shape index (κ1) is 17.8. The number of hydrogen-bond donors (Lipinski definition) is 2. The molecule has 0 aliphatic rings. The van der Waals surface area contributed by atoms with E-state index in [1.54, 1.807) is 14.2 Å². The van der Waals surface area contributed by atoms with E-state index in [4.69, 9.17) is 9.47 Å². The Morgan fingerprint density at radius 1 is 1.19 bits per heavy atom. The van der Waals surface area contributed by atoms with Crippen LogP contribution in [-0.4, -0.2) is 32.0 Å². The van der Waals surface area contributed by atoms with Gasteiger partial charge in [-0.15, -0.1) is 0 Å². The van der Waals surface area contributed by atoms with Crippen molar-refractivity contribution in [2.45, 2.75) is 46.3 Å². The summed E-state index contributed by atoms with van der Waals surface area (Å²) in [6.45, 7) is 9.09. The number of rotatable bonds is 8. The molecule has 0 bridgehead atoms. The molecule has 0 aromatic heterocycles. The maximum Gasteiger partial charge on any atom is 0.127 e. The molecule has 1 rings (SSSR count). The van der Waals surface area contributed by atoms with Crippen LogP contribution in [0.2, 0.25) is 0 Å².